The van der Waals surface area contributed by atoms with Gasteiger partial charge in [-0.2, -0.15) is 0 Å². The van der Waals surface area contributed by atoms with Gasteiger partial charge < -0.3 is 15.0 Å². The highest BCUT2D eigenvalue weighted by Gasteiger charge is 2.24. The zero-order valence-corrected chi connectivity index (χ0v) is 16.7. The molecular weight excluding hydrogens is 344 g/mol. The van der Waals surface area contributed by atoms with Crippen LogP contribution < -0.4 is 5.32 Å². The van der Waals surface area contributed by atoms with E-state index in [-0.39, 0.29) is 6.10 Å². The van der Waals surface area contributed by atoms with Gasteiger partial charge in [0.05, 0.1) is 18.2 Å². The third-order valence-electron chi connectivity index (χ3n) is 4.63. The Morgan fingerprint density at radius 3 is 2.96 bits per heavy atom. The fourth-order valence-corrected chi connectivity index (χ4v) is 4.09. The summed E-state index contributed by atoms with van der Waals surface area (Å²) < 4.78 is 6.02. The van der Waals surface area contributed by atoms with Crippen LogP contribution in [0.15, 0.2) is 34.6 Å². The van der Waals surface area contributed by atoms with Crippen LogP contribution in [0.2, 0.25) is 0 Å². The fraction of sp³-hybridized carbons (Fsp3) is 0.500. The zero-order valence-electron chi connectivity index (χ0n) is 15.9. The molecule has 0 spiro atoms. The van der Waals surface area contributed by atoms with Crippen LogP contribution in [0.25, 0.3) is 0 Å². The molecule has 1 aromatic carbocycles. The van der Waals surface area contributed by atoms with Gasteiger partial charge >= 0.3 is 0 Å². The van der Waals surface area contributed by atoms with Crippen molar-refractivity contribution in [3.63, 3.8) is 0 Å². The number of benzene rings is 1. The molecule has 26 heavy (non-hydrogen) atoms. The lowest BCUT2D eigenvalue weighted by Gasteiger charge is -2.35. The monoisotopic (exact) mass is 372 g/mol. The number of nitrogens with one attached hydrogen (secondary N) is 1. The Hall–Kier alpha value is -1.92. The predicted molar refractivity (Wildman–Crippen MR) is 108 cm³/mol. The molecule has 1 aliphatic rings. The van der Waals surface area contributed by atoms with Crippen molar-refractivity contribution in [2.75, 3.05) is 33.3 Å². The van der Waals surface area contributed by atoms with Crippen molar-refractivity contribution in [3.05, 3.63) is 51.5 Å². The standard InChI is InChI=1S/C20H28N4OS/c1-15-7-4-5-8-17(15)18-13-24(11-12-25-18)20(21-3)22-10-6-9-19-23-16(2)14-26-19/h4-5,7-8,14,18H,6,9-13H2,1-3H3,(H,21,22). The Morgan fingerprint density at radius 2 is 2.23 bits per heavy atom. The molecule has 0 bridgehead atoms. The lowest BCUT2D eigenvalue weighted by atomic mass is 10.0. The molecule has 2 aromatic rings. The first-order chi connectivity index (χ1) is 12.7. The van der Waals surface area contributed by atoms with Crippen LogP contribution >= 0.6 is 11.3 Å². The number of thiazole rings is 1. The molecule has 3 rings (SSSR count). The summed E-state index contributed by atoms with van der Waals surface area (Å²) in [4.78, 5) is 11.3. The quantitative estimate of drug-likeness (QED) is 0.497. The van der Waals surface area contributed by atoms with E-state index in [0.717, 1.165) is 50.7 Å². The maximum absolute atomic E-state index is 6.02. The van der Waals surface area contributed by atoms with Crippen molar-refractivity contribution in [1.82, 2.24) is 15.2 Å². The lowest BCUT2D eigenvalue weighted by Crippen LogP contribution is -2.48. The van der Waals surface area contributed by atoms with Gasteiger partial charge in [0.25, 0.3) is 0 Å². The van der Waals surface area contributed by atoms with E-state index in [4.69, 9.17) is 4.74 Å². The molecule has 1 atom stereocenters. The van der Waals surface area contributed by atoms with Gasteiger partial charge in [0.15, 0.2) is 5.96 Å². The van der Waals surface area contributed by atoms with Crippen LogP contribution in [-0.2, 0) is 11.2 Å². The summed E-state index contributed by atoms with van der Waals surface area (Å²) in [7, 11) is 1.85. The molecule has 1 saturated heterocycles. The molecule has 0 radical (unpaired) electrons. The minimum atomic E-state index is 0.0989. The number of aryl methyl sites for hydroxylation is 3. The number of morpholine rings is 1. The minimum absolute atomic E-state index is 0.0989. The first-order valence-corrected chi connectivity index (χ1v) is 10.1. The number of rotatable bonds is 5. The van der Waals surface area contributed by atoms with Gasteiger partial charge in [-0.1, -0.05) is 24.3 Å². The van der Waals surface area contributed by atoms with Crippen LogP contribution in [0.4, 0.5) is 0 Å². The van der Waals surface area contributed by atoms with Gasteiger partial charge in [0, 0.05) is 37.6 Å². The summed E-state index contributed by atoms with van der Waals surface area (Å²) >= 11 is 1.75. The Kier molecular flexibility index (Phi) is 6.63. The molecule has 5 nitrogen and oxygen atoms in total. The number of guanidine groups is 1. The topological polar surface area (TPSA) is 49.8 Å². The SMILES string of the molecule is CN=C(NCCCc1nc(C)cs1)N1CCOC(c2ccccc2C)C1. The summed E-state index contributed by atoms with van der Waals surface area (Å²) in [6.07, 6.45) is 2.16. The van der Waals surface area contributed by atoms with Crippen LogP contribution in [0.3, 0.4) is 0 Å². The Morgan fingerprint density at radius 1 is 1.38 bits per heavy atom. The first kappa shape index (κ1) is 18.9. The Bertz CT molecular complexity index is 743. The van der Waals surface area contributed by atoms with Gasteiger partial charge in [-0.15, -0.1) is 11.3 Å². The number of hydrogen-bond acceptors (Lipinski definition) is 4. The molecule has 6 heteroatoms. The first-order valence-electron chi connectivity index (χ1n) is 9.21. The maximum atomic E-state index is 6.02. The average Bonchev–Trinajstić information content (AvgIpc) is 3.07. The molecule has 2 heterocycles. The van der Waals surface area contributed by atoms with Gasteiger partial charge in [0.2, 0.25) is 0 Å². The highest BCUT2D eigenvalue weighted by Crippen LogP contribution is 2.24. The van der Waals surface area contributed by atoms with Crippen molar-refractivity contribution in [3.8, 4) is 0 Å². The van der Waals surface area contributed by atoms with Crippen molar-refractivity contribution in [2.24, 2.45) is 4.99 Å². The van der Waals surface area contributed by atoms with Crippen molar-refractivity contribution in [1.29, 1.82) is 0 Å². The van der Waals surface area contributed by atoms with E-state index in [2.05, 4.69) is 56.8 Å². The van der Waals surface area contributed by atoms with Crippen molar-refractivity contribution in [2.45, 2.75) is 32.8 Å². The van der Waals surface area contributed by atoms with E-state index in [1.54, 1.807) is 11.3 Å². The normalized spacial score (nSPS) is 18.2. The number of aromatic nitrogens is 1. The molecule has 1 fully saturated rings. The van der Waals surface area contributed by atoms with E-state index in [9.17, 15) is 0 Å². The van der Waals surface area contributed by atoms with Crippen LogP contribution in [-0.4, -0.2) is 49.1 Å². The Labute approximate surface area is 160 Å². The minimum Gasteiger partial charge on any atom is -0.370 e. The third kappa shape index (κ3) is 4.83. The zero-order chi connectivity index (χ0) is 18.4. The molecule has 1 unspecified atom stereocenters. The van der Waals surface area contributed by atoms with Gasteiger partial charge in [-0.3, -0.25) is 4.99 Å². The molecule has 1 aliphatic heterocycles. The second-order valence-corrected chi connectivity index (χ2v) is 7.56. The molecule has 0 aliphatic carbocycles. The van der Waals surface area contributed by atoms with E-state index >= 15 is 0 Å². The van der Waals surface area contributed by atoms with E-state index in [1.807, 2.05) is 14.0 Å². The number of nitrogens with zero attached hydrogens (tertiary/aromatic N) is 3. The second-order valence-electron chi connectivity index (χ2n) is 6.62. The predicted octanol–water partition coefficient (Wildman–Crippen LogP) is 3.34. The lowest BCUT2D eigenvalue weighted by molar-refractivity contribution is -0.00830. The summed E-state index contributed by atoms with van der Waals surface area (Å²) in [6.45, 7) is 7.51. The highest BCUT2D eigenvalue weighted by molar-refractivity contribution is 7.09. The smallest absolute Gasteiger partial charge is 0.193 e. The van der Waals surface area contributed by atoms with Crippen molar-refractivity contribution >= 4 is 17.3 Å². The van der Waals surface area contributed by atoms with Crippen molar-refractivity contribution < 1.29 is 4.74 Å². The summed E-state index contributed by atoms with van der Waals surface area (Å²) in [5.74, 6) is 0.960. The van der Waals surface area contributed by atoms with Gasteiger partial charge in [0.1, 0.15) is 6.10 Å². The largest absolute Gasteiger partial charge is 0.370 e. The van der Waals surface area contributed by atoms with Crippen LogP contribution in [0.1, 0.15) is 34.4 Å². The summed E-state index contributed by atoms with van der Waals surface area (Å²) in [5, 5.41) is 6.83. The maximum Gasteiger partial charge on any atom is 0.193 e. The second kappa shape index (κ2) is 9.14. The number of hydrogen-bond donors (Lipinski definition) is 1. The molecule has 0 amide bonds. The van der Waals surface area contributed by atoms with Gasteiger partial charge in [-0.05, 0) is 31.4 Å². The highest BCUT2D eigenvalue weighted by atomic mass is 32.1. The summed E-state index contributed by atoms with van der Waals surface area (Å²) in [5.41, 5.74) is 3.66. The van der Waals surface area contributed by atoms with Crippen LogP contribution in [0.5, 0.6) is 0 Å². The molecule has 1 aromatic heterocycles. The van der Waals surface area contributed by atoms with E-state index < -0.39 is 0 Å². The van der Waals surface area contributed by atoms with Gasteiger partial charge in [-0.25, -0.2) is 4.98 Å². The number of aliphatic imine (C=N–C) groups is 1. The fourth-order valence-electron chi connectivity index (χ4n) is 3.27. The van der Waals surface area contributed by atoms with E-state index in [0.29, 0.717) is 0 Å². The molecule has 1 N–H and O–H groups in total. The average molecular weight is 373 g/mol. The third-order valence-corrected chi connectivity index (χ3v) is 5.66. The molecular formula is C20H28N4OS. The van der Waals surface area contributed by atoms with Crippen LogP contribution in [0, 0.1) is 13.8 Å². The molecule has 140 valence electrons. The summed E-state index contributed by atoms with van der Waals surface area (Å²) in [6, 6.07) is 8.46. The Balaban J connectivity index is 1.52. The molecule has 0 saturated carbocycles. The van der Waals surface area contributed by atoms with E-state index in [1.165, 1.54) is 16.1 Å². The number of ether oxygens (including phenoxy) is 1.